The first-order valence-corrected chi connectivity index (χ1v) is 12.2. The van der Waals surface area contributed by atoms with Crippen molar-refractivity contribution in [3.8, 4) is 17.6 Å². The van der Waals surface area contributed by atoms with E-state index in [0.717, 1.165) is 28.2 Å². The van der Waals surface area contributed by atoms with Gasteiger partial charge in [0.15, 0.2) is 11.5 Å². The Kier molecular flexibility index (Phi) is 8.77. The third-order valence-electron chi connectivity index (χ3n) is 6.00. The molecule has 0 fully saturated rings. The van der Waals surface area contributed by atoms with E-state index in [9.17, 15) is 10.1 Å². The second-order valence-electron chi connectivity index (χ2n) is 8.46. The highest BCUT2D eigenvalue weighted by molar-refractivity contribution is 6.01. The molecule has 1 amide bonds. The van der Waals surface area contributed by atoms with Gasteiger partial charge in [0.05, 0.1) is 14.2 Å². The molecule has 0 spiro atoms. The number of carbonyl (C=O) groups is 1. The van der Waals surface area contributed by atoms with Crippen molar-refractivity contribution in [3.63, 3.8) is 0 Å². The summed E-state index contributed by atoms with van der Waals surface area (Å²) in [7, 11) is 3.17. The highest BCUT2D eigenvalue weighted by atomic mass is 16.5. The quantitative estimate of drug-likeness (QED) is 0.199. The van der Waals surface area contributed by atoms with Gasteiger partial charge < -0.3 is 19.7 Å². The van der Waals surface area contributed by atoms with Gasteiger partial charge in [-0.3, -0.25) is 4.79 Å². The summed E-state index contributed by atoms with van der Waals surface area (Å²) < 4.78 is 10.6. The zero-order valence-electron chi connectivity index (χ0n) is 21.4. The van der Waals surface area contributed by atoms with E-state index in [1.165, 1.54) is 0 Å². The second-order valence-corrected chi connectivity index (χ2v) is 8.46. The van der Waals surface area contributed by atoms with E-state index in [4.69, 9.17) is 9.47 Å². The van der Waals surface area contributed by atoms with Gasteiger partial charge in [0.25, 0.3) is 5.91 Å². The van der Waals surface area contributed by atoms with Gasteiger partial charge in [-0.1, -0.05) is 54.6 Å². The van der Waals surface area contributed by atoms with Crippen molar-refractivity contribution in [2.24, 2.45) is 0 Å². The number of rotatable bonds is 10. The maximum absolute atomic E-state index is 12.7. The van der Waals surface area contributed by atoms with E-state index in [0.29, 0.717) is 24.5 Å². The molecule has 0 bridgehead atoms. The Labute approximate surface area is 223 Å². The zero-order chi connectivity index (χ0) is 26.7. The van der Waals surface area contributed by atoms with Gasteiger partial charge in [-0.25, -0.2) is 0 Å². The van der Waals surface area contributed by atoms with E-state index in [2.05, 4.69) is 34.5 Å². The lowest BCUT2D eigenvalue weighted by Gasteiger charge is -2.25. The molecule has 0 unspecified atom stereocenters. The molecular weight excluding hydrogens is 474 g/mol. The van der Waals surface area contributed by atoms with Crippen LogP contribution in [0.2, 0.25) is 0 Å². The number of hydrogen-bond donors (Lipinski definition) is 1. The van der Waals surface area contributed by atoms with E-state index < -0.39 is 5.91 Å². The summed E-state index contributed by atoms with van der Waals surface area (Å²) in [5, 5.41) is 12.5. The first-order chi connectivity index (χ1) is 18.6. The largest absolute Gasteiger partial charge is 0.493 e. The maximum Gasteiger partial charge on any atom is 0.261 e. The van der Waals surface area contributed by atoms with Crippen LogP contribution in [0.5, 0.6) is 11.5 Å². The smallest absolute Gasteiger partial charge is 0.261 e. The zero-order valence-corrected chi connectivity index (χ0v) is 21.4. The summed E-state index contributed by atoms with van der Waals surface area (Å²) >= 11 is 0. The van der Waals surface area contributed by atoms with Crippen LogP contribution in [-0.2, 0) is 11.2 Å². The Morgan fingerprint density at radius 1 is 0.816 bits per heavy atom. The van der Waals surface area contributed by atoms with Crippen LogP contribution < -0.4 is 19.7 Å². The average Bonchev–Trinajstić information content (AvgIpc) is 2.97. The first-order valence-electron chi connectivity index (χ1n) is 12.2. The minimum absolute atomic E-state index is 0.0491. The van der Waals surface area contributed by atoms with Crippen molar-refractivity contribution < 1.29 is 14.3 Å². The van der Waals surface area contributed by atoms with E-state index >= 15 is 0 Å². The molecule has 0 atom stereocenters. The molecule has 0 heterocycles. The molecule has 0 aliphatic carbocycles. The molecule has 6 heteroatoms. The molecule has 4 aromatic rings. The number of carbonyl (C=O) groups excluding carboxylic acids is 1. The van der Waals surface area contributed by atoms with Crippen molar-refractivity contribution in [2.45, 2.75) is 6.42 Å². The fraction of sp³-hybridized carbons (Fsp3) is 0.125. The van der Waals surface area contributed by atoms with E-state index in [1.807, 2.05) is 84.9 Å². The number of anilines is 3. The number of nitrogens with zero attached hydrogens (tertiary/aromatic N) is 2. The van der Waals surface area contributed by atoms with Crippen LogP contribution in [0.25, 0.3) is 6.08 Å². The van der Waals surface area contributed by atoms with Crippen LogP contribution in [0, 0.1) is 11.3 Å². The molecule has 38 heavy (non-hydrogen) atoms. The molecule has 0 radical (unpaired) electrons. The van der Waals surface area contributed by atoms with Crippen LogP contribution >= 0.6 is 0 Å². The van der Waals surface area contributed by atoms with Gasteiger partial charge in [0.2, 0.25) is 0 Å². The standard InChI is InChI=1S/C32H29N3O3/c1-37-30-18-15-25(22-31(30)38-2)19-20-34-32(36)26(23-33)21-24-13-16-29(17-14-24)35(27-9-5-3-6-10-27)28-11-7-4-8-12-28/h3-18,21-22H,19-20H2,1-2H3,(H,34,36). The fourth-order valence-corrected chi connectivity index (χ4v) is 4.09. The SMILES string of the molecule is COc1ccc(CCNC(=O)C(C#N)=Cc2ccc(N(c3ccccc3)c3ccccc3)cc2)cc1OC. The number of methoxy groups -OCH3 is 2. The summed E-state index contributed by atoms with van der Waals surface area (Å²) in [4.78, 5) is 14.8. The summed E-state index contributed by atoms with van der Waals surface area (Å²) in [5.74, 6) is 0.874. The lowest BCUT2D eigenvalue weighted by Crippen LogP contribution is -2.26. The Balaban J connectivity index is 1.45. The predicted octanol–water partition coefficient (Wildman–Crippen LogP) is 6.44. The third-order valence-corrected chi connectivity index (χ3v) is 6.00. The number of amides is 1. The molecule has 6 nitrogen and oxygen atoms in total. The lowest BCUT2D eigenvalue weighted by molar-refractivity contribution is -0.117. The highest BCUT2D eigenvalue weighted by Crippen LogP contribution is 2.34. The molecule has 0 aliphatic heterocycles. The number of benzene rings is 4. The predicted molar refractivity (Wildman–Crippen MR) is 151 cm³/mol. The highest BCUT2D eigenvalue weighted by Gasteiger charge is 2.13. The number of para-hydroxylation sites is 2. The normalized spacial score (nSPS) is 10.8. The van der Waals surface area contributed by atoms with Crippen LogP contribution in [0.4, 0.5) is 17.1 Å². The molecule has 0 aromatic heterocycles. The summed E-state index contributed by atoms with van der Waals surface area (Å²) in [6, 6.07) is 35.7. The minimum atomic E-state index is -0.410. The van der Waals surface area contributed by atoms with Crippen LogP contribution in [-0.4, -0.2) is 26.7 Å². The van der Waals surface area contributed by atoms with Gasteiger partial charge >= 0.3 is 0 Å². The summed E-state index contributed by atoms with van der Waals surface area (Å²) in [5.41, 5.74) is 4.84. The lowest BCUT2D eigenvalue weighted by atomic mass is 10.1. The summed E-state index contributed by atoms with van der Waals surface area (Å²) in [6.45, 7) is 0.384. The van der Waals surface area contributed by atoms with Gasteiger partial charge in [-0.15, -0.1) is 0 Å². The van der Waals surface area contributed by atoms with Crippen LogP contribution in [0.1, 0.15) is 11.1 Å². The number of nitrogens with one attached hydrogen (secondary N) is 1. The third kappa shape index (κ3) is 6.40. The molecule has 0 saturated heterocycles. The molecular formula is C32H29N3O3. The Bertz CT molecular complexity index is 1390. The van der Waals surface area contributed by atoms with E-state index in [1.54, 1.807) is 20.3 Å². The molecule has 190 valence electrons. The van der Waals surface area contributed by atoms with Crippen molar-refractivity contribution in [1.29, 1.82) is 5.26 Å². The summed E-state index contributed by atoms with van der Waals surface area (Å²) in [6.07, 6.45) is 2.19. The van der Waals surface area contributed by atoms with E-state index in [-0.39, 0.29) is 5.57 Å². The van der Waals surface area contributed by atoms with Gasteiger partial charge in [-0.2, -0.15) is 5.26 Å². The topological polar surface area (TPSA) is 74.6 Å². The second kappa shape index (κ2) is 12.8. The Morgan fingerprint density at radius 3 is 1.95 bits per heavy atom. The van der Waals surface area contributed by atoms with Gasteiger partial charge in [-0.05, 0) is 72.2 Å². The first kappa shape index (κ1) is 26.1. The Morgan fingerprint density at radius 2 is 1.39 bits per heavy atom. The van der Waals surface area contributed by atoms with Crippen LogP contribution in [0.15, 0.2) is 109 Å². The number of hydrogen-bond acceptors (Lipinski definition) is 5. The molecule has 1 N–H and O–H groups in total. The van der Waals surface area contributed by atoms with Crippen molar-refractivity contribution in [2.75, 3.05) is 25.7 Å². The molecule has 0 aliphatic rings. The fourth-order valence-electron chi connectivity index (χ4n) is 4.09. The molecule has 0 saturated carbocycles. The maximum atomic E-state index is 12.7. The number of nitriles is 1. The van der Waals surface area contributed by atoms with Crippen molar-refractivity contribution >= 4 is 29.0 Å². The van der Waals surface area contributed by atoms with Gasteiger partial charge in [0.1, 0.15) is 11.6 Å². The van der Waals surface area contributed by atoms with Crippen molar-refractivity contribution in [3.05, 3.63) is 120 Å². The average molecular weight is 504 g/mol. The molecule has 4 rings (SSSR count). The van der Waals surface area contributed by atoms with Crippen LogP contribution in [0.3, 0.4) is 0 Å². The minimum Gasteiger partial charge on any atom is -0.493 e. The monoisotopic (exact) mass is 503 g/mol. The molecule has 4 aromatic carbocycles. The van der Waals surface area contributed by atoms with Gasteiger partial charge in [0, 0.05) is 23.6 Å². The van der Waals surface area contributed by atoms with Crippen molar-refractivity contribution in [1.82, 2.24) is 5.32 Å². The number of ether oxygens (including phenoxy) is 2. The Hall–Kier alpha value is -5.02.